The maximum absolute atomic E-state index is 11.1. The monoisotopic (exact) mass is 228 g/mol. The van der Waals surface area contributed by atoms with Crippen molar-refractivity contribution < 1.29 is 9.53 Å². The Morgan fingerprint density at radius 1 is 1.60 bits per heavy atom. The fraction of sp³-hybridized carbons (Fsp3) is 0.300. The van der Waals surface area contributed by atoms with Gasteiger partial charge in [-0.25, -0.2) is 5.84 Å². The molecule has 82 valence electrons. The number of nitrogens with two attached hydrogens (primary N) is 1. The Kier molecular flexibility index (Phi) is 3.94. The first-order valence-corrected chi connectivity index (χ1v) is 4.85. The molecule has 0 unspecified atom stereocenters. The highest BCUT2D eigenvalue weighted by molar-refractivity contribution is 6.32. The molecule has 0 aliphatic carbocycles. The molecule has 0 heterocycles. The van der Waals surface area contributed by atoms with Crippen molar-refractivity contribution in [3.8, 4) is 5.75 Å². The molecule has 0 saturated heterocycles. The molecular formula is C10H13ClN2O2. The van der Waals surface area contributed by atoms with E-state index in [0.717, 1.165) is 5.56 Å². The summed E-state index contributed by atoms with van der Waals surface area (Å²) in [5, 5.41) is 0.470. The molecule has 1 aromatic rings. The number of hydrazine groups is 1. The van der Waals surface area contributed by atoms with Crippen molar-refractivity contribution in [1.82, 2.24) is 5.43 Å². The lowest BCUT2D eigenvalue weighted by Crippen LogP contribution is -2.40. The molecule has 1 amide bonds. The number of carbonyl (C=O) groups excluding carboxylic acids is 1. The molecule has 0 saturated carbocycles. The van der Waals surface area contributed by atoms with Crippen molar-refractivity contribution >= 4 is 17.5 Å². The topological polar surface area (TPSA) is 64.3 Å². The van der Waals surface area contributed by atoms with Gasteiger partial charge in [-0.05, 0) is 31.5 Å². The average molecular weight is 229 g/mol. The molecule has 1 aromatic carbocycles. The highest BCUT2D eigenvalue weighted by Gasteiger charge is 2.14. The van der Waals surface area contributed by atoms with Crippen molar-refractivity contribution in [2.45, 2.75) is 20.0 Å². The minimum atomic E-state index is -0.672. The van der Waals surface area contributed by atoms with Crippen LogP contribution in [0.3, 0.4) is 0 Å². The molecule has 0 spiro atoms. The van der Waals surface area contributed by atoms with Gasteiger partial charge >= 0.3 is 0 Å². The van der Waals surface area contributed by atoms with Crippen LogP contribution in [0.1, 0.15) is 12.5 Å². The Morgan fingerprint density at radius 3 is 2.87 bits per heavy atom. The van der Waals surface area contributed by atoms with Crippen LogP contribution in [0.15, 0.2) is 18.2 Å². The number of amides is 1. The minimum Gasteiger partial charge on any atom is -0.479 e. The Hall–Kier alpha value is -1.26. The van der Waals surface area contributed by atoms with Gasteiger partial charge in [-0.3, -0.25) is 10.2 Å². The second kappa shape index (κ2) is 5.00. The molecule has 0 aromatic heterocycles. The first kappa shape index (κ1) is 11.8. The second-order valence-corrected chi connectivity index (χ2v) is 3.61. The zero-order valence-corrected chi connectivity index (χ0v) is 9.34. The van der Waals surface area contributed by atoms with E-state index >= 15 is 0 Å². The number of rotatable bonds is 3. The summed E-state index contributed by atoms with van der Waals surface area (Å²) in [5.74, 6) is 5.07. The Balaban J connectivity index is 2.80. The van der Waals surface area contributed by atoms with Crippen LogP contribution in [-0.2, 0) is 4.79 Å². The van der Waals surface area contributed by atoms with Gasteiger partial charge in [0.15, 0.2) is 6.10 Å². The van der Waals surface area contributed by atoms with Crippen LogP contribution >= 0.6 is 11.6 Å². The van der Waals surface area contributed by atoms with Crippen molar-refractivity contribution in [2.24, 2.45) is 5.84 Å². The second-order valence-electron chi connectivity index (χ2n) is 3.20. The standard InChI is InChI=1S/C10H13ClN2O2/c1-6-3-4-8(11)9(5-6)15-7(2)10(14)13-12/h3-5,7H,12H2,1-2H3,(H,13,14)/t7-/m1/s1. The summed E-state index contributed by atoms with van der Waals surface area (Å²) >= 11 is 5.90. The number of ether oxygens (including phenoxy) is 1. The Bertz CT molecular complexity index is 368. The van der Waals surface area contributed by atoms with Crippen molar-refractivity contribution in [2.75, 3.05) is 0 Å². The summed E-state index contributed by atoms with van der Waals surface area (Å²) in [6, 6.07) is 5.35. The van der Waals surface area contributed by atoms with Crippen LogP contribution < -0.4 is 16.0 Å². The van der Waals surface area contributed by atoms with E-state index in [1.54, 1.807) is 19.1 Å². The van der Waals surface area contributed by atoms with E-state index in [0.29, 0.717) is 10.8 Å². The molecule has 0 radical (unpaired) electrons. The number of hydrogen-bond acceptors (Lipinski definition) is 3. The van der Waals surface area contributed by atoms with Crippen LogP contribution in [0.4, 0.5) is 0 Å². The molecule has 0 aliphatic rings. The predicted molar refractivity (Wildman–Crippen MR) is 58.6 cm³/mol. The summed E-state index contributed by atoms with van der Waals surface area (Å²) in [7, 11) is 0. The lowest BCUT2D eigenvalue weighted by molar-refractivity contribution is -0.127. The molecule has 0 bridgehead atoms. The van der Waals surface area contributed by atoms with Crippen molar-refractivity contribution in [1.29, 1.82) is 0 Å². The SMILES string of the molecule is Cc1ccc(Cl)c(O[C@H](C)C(=O)NN)c1. The Labute approximate surface area is 93.3 Å². The summed E-state index contributed by atoms with van der Waals surface area (Å²) in [6.07, 6.45) is -0.672. The molecular weight excluding hydrogens is 216 g/mol. The first-order chi connectivity index (χ1) is 7.04. The number of benzene rings is 1. The van der Waals surface area contributed by atoms with Crippen molar-refractivity contribution in [3.63, 3.8) is 0 Å². The van der Waals surface area contributed by atoms with Crippen LogP contribution in [0.2, 0.25) is 5.02 Å². The molecule has 1 atom stereocenters. The summed E-state index contributed by atoms with van der Waals surface area (Å²) < 4.78 is 5.35. The highest BCUT2D eigenvalue weighted by Crippen LogP contribution is 2.26. The van der Waals surface area contributed by atoms with Gasteiger partial charge in [-0.2, -0.15) is 0 Å². The molecule has 3 N–H and O–H groups in total. The van der Waals surface area contributed by atoms with Gasteiger partial charge in [0.1, 0.15) is 5.75 Å². The predicted octanol–water partition coefficient (Wildman–Crippen LogP) is 1.41. The third-order valence-electron chi connectivity index (χ3n) is 1.90. The molecule has 0 aliphatic heterocycles. The number of aryl methyl sites for hydroxylation is 1. The van der Waals surface area contributed by atoms with E-state index in [-0.39, 0.29) is 0 Å². The minimum absolute atomic E-state index is 0.396. The van der Waals surface area contributed by atoms with E-state index in [2.05, 4.69) is 0 Å². The molecule has 15 heavy (non-hydrogen) atoms. The third-order valence-corrected chi connectivity index (χ3v) is 2.21. The van der Waals surface area contributed by atoms with Crippen LogP contribution in [0.25, 0.3) is 0 Å². The van der Waals surface area contributed by atoms with Gasteiger partial charge in [0.2, 0.25) is 0 Å². The molecule has 1 rings (SSSR count). The Morgan fingerprint density at radius 2 is 2.27 bits per heavy atom. The van der Waals surface area contributed by atoms with E-state index < -0.39 is 12.0 Å². The largest absolute Gasteiger partial charge is 0.479 e. The molecule has 5 heteroatoms. The smallest absolute Gasteiger partial charge is 0.274 e. The highest BCUT2D eigenvalue weighted by atomic mass is 35.5. The average Bonchev–Trinajstić information content (AvgIpc) is 2.22. The molecule has 4 nitrogen and oxygen atoms in total. The zero-order valence-electron chi connectivity index (χ0n) is 8.58. The van der Waals surface area contributed by atoms with Crippen LogP contribution in [-0.4, -0.2) is 12.0 Å². The van der Waals surface area contributed by atoms with Gasteiger partial charge in [-0.1, -0.05) is 17.7 Å². The fourth-order valence-corrected chi connectivity index (χ4v) is 1.22. The van der Waals surface area contributed by atoms with E-state index in [4.69, 9.17) is 22.2 Å². The van der Waals surface area contributed by atoms with Crippen molar-refractivity contribution in [3.05, 3.63) is 28.8 Å². The maximum Gasteiger partial charge on any atom is 0.274 e. The van der Waals surface area contributed by atoms with Gasteiger partial charge in [0.25, 0.3) is 5.91 Å². The fourth-order valence-electron chi connectivity index (χ4n) is 1.06. The quantitative estimate of drug-likeness (QED) is 0.467. The summed E-state index contributed by atoms with van der Waals surface area (Å²) in [5.41, 5.74) is 3.02. The lowest BCUT2D eigenvalue weighted by atomic mass is 10.2. The summed E-state index contributed by atoms with van der Waals surface area (Å²) in [6.45, 7) is 3.51. The van der Waals surface area contributed by atoms with Crippen LogP contribution in [0.5, 0.6) is 5.75 Å². The van der Waals surface area contributed by atoms with E-state index in [1.165, 1.54) is 0 Å². The number of hydrogen-bond donors (Lipinski definition) is 2. The van der Waals surface area contributed by atoms with Gasteiger partial charge in [0.05, 0.1) is 5.02 Å². The van der Waals surface area contributed by atoms with Gasteiger partial charge in [0, 0.05) is 0 Å². The van der Waals surface area contributed by atoms with Crippen LogP contribution in [0, 0.1) is 6.92 Å². The number of nitrogens with one attached hydrogen (secondary N) is 1. The molecule has 0 fully saturated rings. The van der Waals surface area contributed by atoms with E-state index in [9.17, 15) is 4.79 Å². The first-order valence-electron chi connectivity index (χ1n) is 4.48. The lowest BCUT2D eigenvalue weighted by Gasteiger charge is -2.14. The summed E-state index contributed by atoms with van der Waals surface area (Å²) in [4.78, 5) is 11.1. The normalized spacial score (nSPS) is 12.0. The maximum atomic E-state index is 11.1. The zero-order chi connectivity index (χ0) is 11.4. The van der Waals surface area contributed by atoms with Gasteiger partial charge in [-0.15, -0.1) is 0 Å². The number of carbonyl (C=O) groups is 1. The third kappa shape index (κ3) is 3.11. The number of halogens is 1. The van der Waals surface area contributed by atoms with E-state index in [1.807, 2.05) is 18.4 Å². The van der Waals surface area contributed by atoms with Gasteiger partial charge < -0.3 is 4.74 Å².